The normalized spacial score (nSPS) is 10.8. The van der Waals surface area contributed by atoms with E-state index < -0.39 is 0 Å². The maximum atomic E-state index is 12.3. The molecule has 4 rings (SSSR count). The fourth-order valence-electron chi connectivity index (χ4n) is 2.71. The Kier molecular flexibility index (Phi) is 5.52. The van der Waals surface area contributed by atoms with Crippen LogP contribution in [0, 0.1) is 6.92 Å². The number of carbonyl (C=O) groups is 1. The number of benzene rings is 2. The lowest BCUT2D eigenvalue weighted by Crippen LogP contribution is -2.35. The third kappa shape index (κ3) is 4.42. The molecule has 146 valence electrons. The minimum Gasteiger partial charge on any atom is -0.332 e. The summed E-state index contributed by atoms with van der Waals surface area (Å²) in [6, 6.07) is 14.7. The van der Waals surface area contributed by atoms with Crippen LogP contribution in [0.2, 0.25) is 5.02 Å². The zero-order valence-electron chi connectivity index (χ0n) is 15.2. The summed E-state index contributed by atoms with van der Waals surface area (Å²) < 4.78 is 1.70. The van der Waals surface area contributed by atoms with Crippen molar-refractivity contribution in [1.29, 1.82) is 0 Å². The van der Waals surface area contributed by atoms with Crippen LogP contribution >= 0.6 is 35.2 Å². The van der Waals surface area contributed by atoms with Gasteiger partial charge in [0, 0.05) is 10.6 Å². The number of carbonyl (C=O) groups excluding carboxylic acids is 1. The Hall–Kier alpha value is -2.88. The van der Waals surface area contributed by atoms with Gasteiger partial charge in [0.2, 0.25) is 10.9 Å². The zero-order chi connectivity index (χ0) is 20.4. The lowest BCUT2D eigenvalue weighted by Gasteiger charge is -2.12. The number of para-hydroxylation sites is 1. The van der Waals surface area contributed by atoms with Crippen molar-refractivity contribution in [3.8, 4) is 10.6 Å². The van der Waals surface area contributed by atoms with Crippen LogP contribution in [0.5, 0.6) is 0 Å². The second kappa shape index (κ2) is 8.24. The van der Waals surface area contributed by atoms with Crippen LogP contribution < -0.4 is 10.6 Å². The summed E-state index contributed by atoms with van der Waals surface area (Å²) in [6.45, 7) is 1.85. The van der Waals surface area contributed by atoms with Gasteiger partial charge in [0.1, 0.15) is 5.01 Å². The molecule has 0 aliphatic heterocycles. The van der Waals surface area contributed by atoms with E-state index in [2.05, 4.69) is 25.9 Å². The van der Waals surface area contributed by atoms with Gasteiger partial charge in [-0.05, 0) is 49.0 Å². The van der Waals surface area contributed by atoms with Crippen molar-refractivity contribution >= 4 is 56.8 Å². The standard InChI is InChI=1S/C19H15ClN6OS2/c1-11-23-24-19-26(11)25-17(29-19)14-4-2-3-5-15(14)21-18(28)22-16(27)10-12-6-8-13(20)9-7-12/h2-9H,10H2,1H3,(H2,21,22,27,28). The minimum atomic E-state index is -0.211. The molecule has 0 spiro atoms. The number of halogens is 1. The van der Waals surface area contributed by atoms with Gasteiger partial charge < -0.3 is 10.6 Å². The molecule has 0 radical (unpaired) electrons. The summed E-state index contributed by atoms with van der Waals surface area (Å²) in [5.74, 6) is 0.509. The molecule has 0 atom stereocenters. The van der Waals surface area contributed by atoms with Gasteiger partial charge in [-0.1, -0.05) is 47.2 Å². The van der Waals surface area contributed by atoms with Gasteiger partial charge in [0.05, 0.1) is 12.1 Å². The van der Waals surface area contributed by atoms with Gasteiger partial charge in [0.25, 0.3) is 0 Å². The van der Waals surface area contributed by atoms with E-state index in [-0.39, 0.29) is 17.4 Å². The van der Waals surface area contributed by atoms with Crippen molar-refractivity contribution in [3.63, 3.8) is 0 Å². The van der Waals surface area contributed by atoms with Crippen molar-refractivity contribution < 1.29 is 4.79 Å². The Bertz CT molecular complexity index is 1200. The summed E-state index contributed by atoms with van der Waals surface area (Å²) in [4.78, 5) is 13.0. The van der Waals surface area contributed by atoms with Gasteiger partial charge in [-0.25, -0.2) is 0 Å². The molecule has 2 heterocycles. The molecule has 4 aromatic rings. The van der Waals surface area contributed by atoms with Crippen LogP contribution in [0.3, 0.4) is 0 Å². The third-order valence-corrected chi connectivity index (χ3v) is 5.47. The van der Waals surface area contributed by atoms with Crippen LogP contribution in [-0.4, -0.2) is 30.8 Å². The maximum absolute atomic E-state index is 12.3. The zero-order valence-corrected chi connectivity index (χ0v) is 17.6. The Morgan fingerprint density at radius 3 is 2.69 bits per heavy atom. The Balaban J connectivity index is 1.47. The monoisotopic (exact) mass is 442 g/mol. The van der Waals surface area contributed by atoms with Gasteiger partial charge in [-0.2, -0.15) is 9.61 Å². The number of amides is 1. The minimum absolute atomic E-state index is 0.205. The Morgan fingerprint density at radius 1 is 1.17 bits per heavy atom. The first kappa shape index (κ1) is 19.4. The number of aryl methyl sites for hydroxylation is 1. The number of hydrogen-bond donors (Lipinski definition) is 2. The third-order valence-electron chi connectivity index (χ3n) is 4.08. The molecule has 0 saturated carbocycles. The fourth-order valence-corrected chi connectivity index (χ4v) is 3.99. The molecule has 2 aromatic heterocycles. The van der Waals surface area contributed by atoms with E-state index in [1.165, 1.54) is 11.3 Å². The van der Waals surface area contributed by atoms with E-state index in [0.29, 0.717) is 9.98 Å². The molecule has 0 aliphatic rings. The largest absolute Gasteiger partial charge is 0.332 e. The highest BCUT2D eigenvalue weighted by Gasteiger charge is 2.14. The van der Waals surface area contributed by atoms with Crippen LogP contribution in [0.15, 0.2) is 48.5 Å². The Labute approximate surface area is 180 Å². The van der Waals surface area contributed by atoms with Crippen molar-refractivity contribution in [3.05, 3.63) is 64.9 Å². The van der Waals surface area contributed by atoms with Crippen molar-refractivity contribution in [1.82, 2.24) is 25.1 Å². The van der Waals surface area contributed by atoms with Crippen molar-refractivity contribution in [2.75, 3.05) is 5.32 Å². The number of rotatable bonds is 4. The molecule has 2 aromatic carbocycles. The number of nitrogens with one attached hydrogen (secondary N) is 2. The molecular weight excluding hydrogens is 428 g/mol. The van der Waals surface area contributed by atoms with Crippen molar-refractivity contribution in [2.45, 2.75) is 13.3 Å². The van der Waals surface area contributed by atoms with E-state index in [9.17, 15) is 4.79 Å². The molecule has 0 saturated heterocycles. The lowest BCUT2D eigenvalue weighted by molar-refractivity contribution is -0.119. The summed E-state index contributed by atoms with van der Waals surface area (Å²) in [6.07, 6.45) is 0.205. The summed E-state index contributed by atoms with van der Waals surface area (Å²) in [7, 11) is 0. The number of hydrogen-bond acceptors (Lipinski definition) is 6. The van der Waals surface area contributed by atoms with Gasteiger partial charge in [0.15, 0.2) is 10.9 Å². The first-order valence-electron chi connectivity index (χ1n) is 8.63. The highest BCUT2D eigenvalue weighted by molar-refractivity contribution is 7.80. The maximum Gasteiger partial charge on any atom is 0.234 e. The van der Waals surface area contributed by atoms with Crippen LogP contribution in [0.1, 0.15) is 11.4 Å². The van der Waals surface area contributed by atoms with Crippen LogP contribution in [-0.2, 0) is 11.2 Å². The first-order chi connectivity index (χ1) is 14.0. The predicted octanol–water partition coefficient (Wildman–Crippen LogP) is 3.87. The van der Waals surface area contributed by atoms with E-state index in [4.69, 9.17) is 23.8 Å². The van der Waals surface area contributed by atoms with E-state index in [1.54, 1.807) is 16.6 Å². The molecule has 0 bridgehead atoms. The smallest absolute Gasteiger partial charge is 0.234 e. The molecule has 10 heteroatoms. The highest BCUT2D eigenvalue weighted by Crippen LogP contribution is 2.31. The fraction of sp³-hybridized carbons (Fsp3) is 0.105. The van der Waals surface area contributed by atoms with Gasteiger partial charge >= 0.3 is 0 Å². The SMILES string of the molecule is Cc1nnc2sc(-c3ccccc3NC(=S)NC(=O)Cc3ccc(Cl)cc3)nn12. The molecule has 1 amide bonds. The second-order valence-corrected chi connectivity index (χ2v) is 8.00. The molecule has 0 fully saturated rings. The molecule has 7 nitrogen and oxygen atoms in total. The summed E-state index contributed by atoms with van der Waals surface area (Å²) in [5, 5.41) is 20.1. The summed E-state index contributed by atoms with van der Waals surface area (Å²) >= 11 is 12.6. The molecule has 0 unspecified atom stereocenters. The van der Waals surface area contributed by atoms with E-state index in [0.717, 1.165) is 27.6 Å². The number of aromatic nitrogens is 4. The molecule has 29 heavy (non-hydrogen) atoms. The second-order valence-electron chi connectivity index (χ2n) is 6.20. The summed E-state index contributed by atoms with van der Waals surface area (Å²) in [5.41, 5.74) is 2.45. The predicted molar refractivity (Wildman–Crippen MR) is 118 cm³/mol. The molecule has 2 N–H and O–H groups in total. The quantitative estimate of drug-likeness (QED) is 0.467. The van der Waals surface area contributed by atoms with E-state index >= 15 is 0 Å². The highest BCUT2D eigenvalue weighted by atomic mass is 35.5. The first-order valence-corrected chi connectivity index (χ1v) is 10.2. The van der Waals surface area contributed by atoms with Crippen molar-refractivity contribution in [2.24, 2.45) is 0 Å². The molecular formula is C19H15ClN6OS2. The van der Waals surface area contributed by atoms with Crippen LogP contribution in [0.4, 0.5) is 5.69 Å². The number of thiocarbonyl (C=S) groups is 1. The van der Waals surface area contributed by atoms with Crippen LogP contribution in [0.25, 0.3) is 15.5 Å². The molecule has 0 aliphatic carbocycles. The topological polar surface area (TPSA) is 84.2 Å². The van der Waals surface area contributed by atoms with Gasteiger partial charge in [-0.15, -0.1) is 10.2 Å². The average molecular weight is 443 g/mol. The number of nitrogens with zero attached hydrogens (tertiary/aromatic N) is 4. The number of fused-ring (bicyclic) bond motifs is 1. The average Bonchev–Trinajstić information content (AvgIpc) is 3.26. The van der Waals surface area contributed by atoms with Gasteiger partial charge in [-0.3, -0.25) is 4.79 Å². The lowest BCUT2D eigenvalue weighted by atomic mass is 10.1. The Morgan fingerprint density at radius 2 is 1.93 bits per heavy atom. The van der Waals surface area contributed by atoms with E-state index in [1.807, 2.05) is 43.3 Å². The number of anilines is 1.